The van der Waals surface area contributed by atoms with Gasteiger partial charge in [0.25, 0.3) is 0 Å². The van der Waals surface area contributed by atoms with E-state index in [9.17, 15) is 0 Å². The van der Waals surface area contributed by atoms with E-state index in [4.69, 9.17) is 15.3 Å². The summed E-state index contributed by atoms with van der Waals surface area (Å²) in [7, 11) is 0. The van der Waals surface area contributed by atoms with Crippen molar-refractivity contribution in [3.05, 3.63) is 23.8 Å². The van der Waals surface area contributed by atoms with Crippen molar-refractivity contribution in [1.82, 2.24) is 5.43 Å². The smallest absolute Gasteiger partial charge is 0.161 e. The zero-order valence-electron chi connectivity index (χ0n) is 13.1. The van der Waals surface area contributed by atoms with E-state index in [0.29, 0.717) is 19.1 Å². The Balaban J connectivity index is 3.07. The molecule has 0 spiro atoms. The molecule has 1 aromatic carbocycles. The lowest BCUT2D eigenvalue weighted by Crippen LogP contribution is -2.33. The summed E-state index contributed by atoms with van der Waals surface area (Å²) in [5.74, 6) is 7.84. The highest BCUT2D eigenvalue weighted by atomic mass is 16.5. The van der Waals surface area contributed by atoms with Gasteiger partial charge in [-0.15, -0.1) is 0 Å². The number of nitrogens with two attached hydrogens (primary N) is 1. The zero-order valence-corrected chi connectivity index (χ0v) is 13.1. The van der Waals surface area contributed by atoms with Crippen LogP contribution in [0.3, 0.4) is 0 Å². The number of benzene rings is 1. The standard InChI is InChI=1S/C16H28N2O2/c1-5-12(6-2)16(18-17)13-9-10-14(19-7-3)15(11-13)20-8-4/h9-12,16,18H,5-8,17H2,1-4H3. The van der Waals surface area contributed by atoms with Gasteiger partial charge in [-0.2, -0.15) is 0 Å². The Bertz CT molecular complexity index is 392. The van der Waals surface area contributed by atoms with Gasteiger partial charge >= 0.3 is 0 Å². The first-order valence-electron chi connectivity index (χ1n) is 7.57. The summed E-state index contributed by atoms with van der Waals surface area (Å²) in [5.41, 5.74) is 4.09. The van der Waals surface area contributed by atoms with Crippen LogP contribution in [0.2, 0.25) is 0 Å². The number of nitrogens with one attached hydrogen (secondary N) is 1. The molecule has 4 heteroatoms. The van der Waals surface area contributed by atoms with E-state index in [-0.39, 0.29) is 6.04 Å². The van der Waals surface area contributed by atoms with E-state index < -0.39 is 0 Å². The first-order chi connectivity index (χ1) is 9.71. The molecule has 0 aliphatic rings. The topological polar surface area (TPSA) is 56.5 Å². The summed E-state index contributed by atoms with van der Waals surface area (Å²) >= 11 is 0. The monoisotopic (exact) mass is 280 g/mol. The fourth-order valence-electron chi connectivity index (χ4n) is 2.53. The van der Waals surface area contributed by atoms with Crippen molar-refractivity contribution in [2.24, 2.45) is 11.8 Å². The summed E-state index contributed by atoms with van der Waals surface area (Å²) in [6, 6.07) is 6.21. The third kappa shape index (κ3) is 4.12. The molecular formula is C16H28N2O2. The lowest BCUT2D eigenvalue weighted by Gasteiger charge is -2.25. The fraction of sp³-hybridized carbons (Fsp3) is 0.625. The van der Waals surface area contributed by atoms with Crippen LogP contribution < -0.4 is 20.7 Å². The van der Waals surface area contributed by atoms with Crippen molar-refractivity contribution in [2.75, 3.05) is 13.2 Å². The second-order valence-electron chi connectivity index (χ2n) is 4.79. The van der Waals surface area contributed by atoms with E-state index in [0.717, 1.165) is 29.9 Å². The van der Waals surface area contributed by atoms with Gasteiger partial charge in [0.15, 0.2) is 11.5 Å². The summed E-state index contributed by atoms with van der Waals surface area (Å²) in [4.78, 5) is 0. The Morgan fingerprint density at radius 3 is 2.10 bits per heavy atom. The Morgan fingerprint density at radius 2 is 1.60 bits per heavy atom. The van der Waals surface area contributed by atoms with Gasteiger partial charge < -0.3 is 9.47 Å². The Hall–Kier alpha value is -1.26. The SMILES string of the molecule is CCOc1ccc(C(NN)C(CC)CC)cc1OCC. The van der Waals surface area contributed by atoms with E-state index in [1.54, 1.807) is 0 Å². The molecule has 0 fully saturated rings. The molecule has 4 nitrogen and oxygen atoms in total. The van der Waals surface area contributed by atoms with Crippen LogP contribution in [-0.2, 0) is 0 Å². The average molecular weight is 280 g/mol. The molecule has 0 radical (unpaired) electrons. The fourth-order valence-corrected chi connectivity index (χ4v) is 2.53. The maximum Gasteiger partial charge on any atom is 0.161 e. The predicted molar refractivity (Wildman–Crippen MR) is 82.9 cm³/mol. The van der Waals surface area contributed by atoms with E-state index in [1.807, 2.05) is 26.0 Å². The lowest BCUT2D eigenvalue weighted by molar-refractivity contribution is 0.285. The normalized spacial score (nSPS) is 12.5. The van der Waals surface area contributed by atoms with Crippen molar-refractivity contribution in [3.63, 3.8) is 0 Å². The third-order valence-corrected chi connectivity index (χ3v) is 3.63. The van der Waals surface area contributed by atoms with Crippen LogP contribution in [0.4, 0.5) is 0 Å². The lowest BCUT2D eigenvalue weighted by atomic mass is 9.89. The Kier molecular flexibility index (Phi) is 7.41. The maximum absolute atomic E-state index is 5.76. The highest BCUT2D eigenvalue weighted by Crippen LogP contribution is 2.34. The third-order valence-electron chi connectivity index (χ3n) is 3.63. The minimum absolute atomic E-state index is 0.139. The molecule has 0 aliphatic carbocycles. The van der Waals surface area contributed by atoms with Crippen LogP contribution in [0.5, 0.6) is 11.5 Å². The molecule has 1 rings (SSSR count). The highest BCUT2D eigenvalue weighted by Gasteiger charge is 2.20. The summed E-state index contributed by atoms with van der Waals surface area (Å²) < 4.78 is 11.3. The zero-order chi connectivity index (χ0) is 15.0. The predicted octanol–water partition coefficient (Wildman–Crippen LogP) is 3.42. The molecule has 3 N–H and O–H groups in total. The van der Waals surface area contributed by atoms with Crippen molar-refractivity contribution in [2.45, 2.75) is 46.6 Å². The largest absolute Gasteiger partial charge is 0.490 e. The van der Waals surface area contributed by atoms with Crippen LogP contribution in [0.15, 0.2) is 18.2 Å². The van der Waals surface area contributed by atoms with Crippen molar-refractivity contribution in [3.8, 4) is 11.5 Å². The highest BCUT2D eigenvalue weighted by molar-refractivity contribution is 5.44. The van der Waals surface area contributed by atoms with Gasteiger partial charge in [0.2, 0.25) is 0 Å². The Morgan fingerprint density at radius 1 is 1.00 bits per heavy atom. The maximum atomic E-state index is 5.76. The van der Waals surface area contributed by atoms with Crippen molar-refractivity contribution >= 4 is 0 Å². The first-order valence-corrected chi connectivity index (χ1v) is 7.57. The summed E-state index contributed by atoms with van der Waals surface area (Å²) in [5, 5.41) is 0. The van der Waals surface area contributed by atoms with Crippen LogP contribution >= 0.6 is 0 Å². The van der Waals surface area contributed by atoms with E-state index >= 15 is 0 Å². The molecule has 0 bridgehead atoms. The average Bonchev–Trinajstić information content (AvgIpc) is 2.47. The molecule has 1 atom stereocenters. The molecular weight excluding hydrogens is 252 g/mol. The molecule has 0 saturated heterocycles. The summed E-state index contributed by atoms with van der Waals surface area (Å²) in [6.45, 7) is 9.58. The molecule has 0 heterocycles. The van der Waals surface area contributed by atoms with Gasteiger partial charge in [-0.25, -0.2) is 0 Å². The van der Waals surface area contributed by atoms with Crippen molar-refractivity contribution in [1.29, 1.82) is 0 Å². The second-order valence-corrected chi connectivity index (χ2v) is 4.79. The van der Waals surface area contributed by atoms with Gasteiger partial charge in [-0.3, -0.25) is 11.3 Å². The molecule has 0 aliphatic heterocycles. The minimum Gasteiger partial charge on any atom is -0.490 e. The number of hydrazine groups is 1. The number of hydrogen-bond donors (Lipinski definition) is 2. The second kappa shape index (κ2) is 8.82. The van der Waals surface area contributed by atoms with E-state index in [2.05, 4.69) is 25.3 Å². The molecule has 1 unspecified atom stereocenters. The molecule has 0 amide bonds. The number of rotatable bonds is 9. The molecule has 20 heavy (non-hydrogen) atoms. The van der Waals surface area contributed by atoms with E-state index in [1.165, 1.54) is 0 Å². The van der Waals surface area contributed by atoms with Crippen LogP contribution in [0, 0.1) is 5.92 Å². The molecule has 1 aromatic rings. The van der Waals surface area contributed by atoms with Crippen LogP contribution in [0.1, 0.15) is 52.1 Å². The summed E-state index contributed by atoms with van der Waals surface area (Å²) in [6.07, 6.45) is 2.17. The van der Waals surface area contributed by atoms with Crippen LogP contribution in [-0.4, -0.2) is 13.2 Å². The molecule has 0 saturated carbocycles. The Labute approximate surface area is 122 Å². The number of hydrogen-bond acceptors (Lipinski definition) is 4. The van der Waals surface area contributed by atoms with Gasteiger partial charge in [0, 0.05) is 6.04 Å². The van der Waals surface area contributed by atoms with Crippen molar-refractivity contribution < 1.29 is 9.47 Å². The molecule has 114 valence electrons. The van der Waals surface area contributed by atoms with Gasteiger partial charge in [-0.1, -0.05) is 32.8 Å². The minimum atomic E-state index is 0.139. The number of ether oxygens (including phenoxy) is 2. The molecule has 0 aromatic heterocycles. The van der Waals surface area contributed by atoms with Gasteiger partial charge in [0.1, 0.15) is 0 Å². The first kappa shape index (κ1) is 16.8. The van der Waals surface area contributed by atoms with Gasteiger partial charge in [-0.05, 0) is 37.5 Å². The quantitative estimate of drug-likeness (QED) is 0.537. The van der Waals surface area contributed by atoms with Crippen LogP contribution in [0.25, 0.3) is 0 Å². The van der Waals surface area contributed by atoms with Gasteiger partial charge in [0.05, 0.1) is 13.2 Å².